The predicted molar refractivity (Wildman–Crippen MR) is 103 cm³/mol. The van der Waals surface area contributed by atoms with E-state index in [9.17, 15) is 9.59 Å². The molecule has 0 aliphatic heterocycles. The van der Waals surface area contributed by atoms with E-state index in [4.69, 9.17) is 9.72 Å². The van der Waals surface area contributed by atoms with Crippen LogP contribution in [0.4, 0.5) is 0 Å². The van der Waals surface area contributed by atoms with Gasteiger partial charge in [0.1, 0.15) is 4.83 Å². The molecule has 1 aliphatic rings. The summed E-state index contributed by atoms with van der Waals surface area (Å²) in [5.41, 5.74) is 1.08. The number of hydrogen-bond acceptors (Lipinski definition) is 6. The van der Waals surface area contributed by atoms with Gasteiger partial charge < -0.3 is 4.74 Å². The van der Waals surface area contributed by atoms with Gasteiger partial charge in [0.25, 0.3) is 5.56 Å². The summed E-state index contributed by atoms with van der Waals surface area (Å²) in [5, 5.41) is 1.40. The van der Waals surface area contributed by atoms with Crippen molar-refractivity contribution in [3.8, 4) is 0 Å². The molecule has 1 saturated carbocycles. The van der Waals surface area contributed by atoms with Crippen LogP contribution in [-0.4, -0.2) is 27.9 Å². The zero-order valence-corrected chi connectivity index (χ0v) is 16.6. The lowest BCUT2D eigenvalue weighted by Gasteiger charge is -2.25. The fraction of sp³-hybridized carbons (Fsp3) is 0.611. The number of carbonyl (C=O) groups excluding carboxylic acids is 1. The molecule has 7 heteroatoms. The molecule has 136 valence electrons. The Morgan fingerprint density at radius 2 is 2.04 bits per heavy atom. The average Bonchev–Trinajstić information content (AvgIpc) is 2.88. The Hall–Kier alpha value is -1.34. The molecule has 0 spiro atoms. The first-order chi connectivity index (χ1) is 12.0. The molecule has 2 aromatic heterocycles. The van der Waals surface area contributed by atoms with Crippen molar-refractivity contribution in [2.75, 3.05) is 12.4 Å². The van der Waals surface area contributed by atoms with Gasteiger partial charge in [-0.05, 0) is 39.2 Å². The van der Waals surface area contributed by atoms with Crippen molar-refractivity contribution >= 4 is 39.3 Å². The lowest BCUT2D eigenvalue weighted by atomic mass is 9.95. The zero-order chi connectivity index (χ0) is 18.0. The van der Waals surface area contributed by atoms with Crippen molar-refractivity contribution in [1.82, 2.24) is 9.55 Å². The van der Waals surface area contributed by atoms with E-state index in [-0.39, 0.29) is 23.3 Å². The molecule has 0 bridgehead atoms. The molecule has 2 aromatic rings. The lowest BCUT2D eigenvalue weighted by Crippen LogP contribution is -2.29. The number of thiophene rings is 1. The Morgan fingerprint density at radius 1 is 1.32 bits per heavy atom. The van der Waals surface area contributed by atoms with Crippen LogP contribution in [0.15, 0.2) is 9.95 Å². The van der Waals surface area contributed by atoms with Crippen LogP contribution < -0.4 is 5.56 Å². The van der Waals surface area contributed by atoms with Gasteiger partial charge in [-0.3, -0.25) is 14.2 Å². The van der Waals surface area contributed by atoms with Crippen molar-refractivity contribution < 1.29 is 9.53 Å². The normalized spacial score (nSPS) is 15.6. The van der Waals surface area contributed by atoms with Crippen LogP contribution in [0.5, 0.6) is 0 Å². The summed E-state index contributed by atoms with van der Waals surface area (Å²) in [5.74, 6) is -0.0856. The number of ether oxygens (including phenoxy) is 1. The molecular formula is C18H24N2O3S2. The van der Waals surface area contributed by atoms with Gasteiger partial charge in [0, 0.05) is 10.9 Å². The highest BCUT2D eigenvalue weighted by molar-refractivity contribution is 7.99. The van der Waals surface area contributed by atoms with Crippen LogP contribution in [-0.2, 0) is 9.53 Å². The standard InChI is InChI=1S/C18H24N2O3S2/c1-4-23-14(21)10-24-18-19-16-15(11(2)12(3)25-16)17(22)20(18)13-8-6-5-7-9-13/h13H,4-10H2,1-3H3. The molecule has 0 unspecified atom stereocenters. The minimum Gasteiger partial charge on any atom is -0.465 e. The third-order valence-corrected chi connectivity index (χ3v) is 6.79. The Balaban J connectivity index is 2.05. The Kier molecular flexibility index (Phi) is 5.84. The van der Waals surface area contributed by atoms with Crippen molar-refractivity contribution in [3.63, 3.8) is 0 Å². The minimum atomic E-state index is -0.268. The molecule has 0 atom stereocenters. The summed E-state index contributed by atoms with van der Waals surface area (Å²) in [6, 6.07) is 0.183. The Morgan fingerprint density at radius 3 is 2.72 bits per heavy atom. The summed E-state index contributed by atoms with van der Waals surface area (Å²) >= 11 is 2.87. The Labute approximate surface area is 155 Å². The summed E-state index contributed by atoms with van der Waals surface area (Å²) in [6.07, 6.45) is 5.50. The van der Waals surface area contributed by atoms with Crippen LogP contribution in [0.3, 0.4) is 0 Å². The number of hydrogen-bond donors (Lipinski definition) is 0. The van der Waals surface area contributed by atoms with E-state index in [1.165, 1.54) is 18.2 Å². The molecule has 0 amide bonds. The smallest absolute Gasteiger partial charge is 0.316 e. The summed E-state index contributed by atoms with van der Waals surface area (Å²) in [7, 11) is 0. The fourth-order valence-electron chi connectivity index (χ4n) is 3.38. The Bertz CT molecular complexity index is 835. The number of nitrogens with zero attached hydrogens (tertiary/aromatic N) is 2. The molecule has 3 rings (SSSR count). The molecule has 5 nitrogen and oxygen atoms in total. The van der Waals surface area contributed by atoms with Crippen molar-refractivity contribution in [2.24, 2.45) is 0 Å². The minimum absolute atomic E-state index is 0.0464. The molecule has 0 radical (unpaired) electrons. The fourth-order valence-corrected chi connectivity index (χ4v) is 5.31. The van der Waals surface area contributed by atoms with Crippen LogP contribution in [0.1, 0.15) is 55.5 Å². The second-order valence-corrected chi connectivity index (χ2v) is 8.56. The van der Waals surface area contributed by atoms with E-state index in [0.29, 0.717) is 11.8 Å². The highest BCUT2D eigenvalue weighted by Gasteiger charge is 2.24. The topological polar surface area (TPSA) is 61.2 Å². The highest BCUT2D eigenvalue weighted by Crippen LogP contribution is 2.33. The van der Waals surface area contributed by atoms with E-state index in [1.807, 2.05) is 18.4 Å². The first-order valence-corrected chi connectivity index (χ1v) is 10.6. The first-order valence-electron chi connectivity index (χ1n) is 8.83. The van der Waals surface area contributed by atoms with E-state index in [0.717, 1.165) is 46.3 Å². The van der Waals surface area contributed by atoms with E-state index >= 15 is 0 Å². The summed E-state index contributed by atoms with van der Waals surface area (Å²) < 4.78 is 6.87. The molecule has 0 N–H and O–H groups in total. The number of esters is 1. The van der Waals surface area contributed by atoms with Gasteiger partial charge in [0.2, 0.25) is 0 Å². The number of rotatable bonds is 5. The highest BCUT2D eigenvalue weighted by atomic mass is 32.2. The molecule has 1 aliphatic carbocycles. The average molecular weight is 381 g/mol. The third kappa shape index (κ3) is 3.77. The molecule has 1 fully saturated rings. The van der Waals surface area contributed by atoms with Gasteiger partial charge in [0.05, 0.1) is 17.7 Å². The van der Waals surface area contributed by atoms with Gasteiger partial charge in [-0.15, -0.1) is 11.3 Å². The van der Waals surface area contributed by atoms with Gasteiger partial charge in [-0.25, -0.2) is 4.98 Å². The van der Waals surface area contributed by atoms with Gasteiger partial charge in [-0.2, -0.15) is 0 Å². The second-order valence-electron chi connectivity index (χ2n) is 6.42. The van der Waals surface area contributed by atoms with Gasteiger partial charge in [-0.1, -0.05) is 31.0 Å². The molecule has 0 saturated heterocycles. The number of thioether (sulfide) groups is 1. The van der Waals surface area contributed by atoms with E-state index in [1.54, 1.807) is 18.3 Å². The van der Waals surface area contributed by atoms with Gasteiger partial charge in [0.15, 0.2) is 5.16 Å². The van der Waals surface area contributed by atoms with E-state index in [2.05, 4.69) is 0 Å². The SMILES string of the molecule is CCOC(=O)CSc1nc2sc(C)c(C)c2c(=O)n1C1CCCCC1. The second kappa shape index (κ2) is 7.91. The molecular weight excluding hydrogens is 356 g/mol. The number of fused-ring (bicyclic) bond motifs is 1. The maximum Gasteiger partial charge on any atom is 0.316 e. The molecule has 25 heavy (non-hydrogen) atoms. The van der Waals surface area contributed by atoms with E-state index < -0.39 is 0 Å². The lowest BCUT2D eigenvalue weighted by molar-refractivity contribution is -0.139. The largest absolute Gasteiger partial charge is 0.465 e. The predicted octanol–water partition coefficient (Wildman–Crippen LogP) is 4.24. The molecule has 2 heterocycles. The molecule has 0 aromatic carbocycles. The van der Waals surface area contributed by atoms with Crippen molar-refractivity contribution in [1.29, 1.82) is 0 Å². The number of carbonyl (C=O) groups is 1. The summed E-state index contributed by atoms with van der Waals surface area (Å²) in [4.78, 5) is 31.7. The third-order valence-electron chi connectivity index (χ3n) is 4.77. The van der Waals surface area contributed by atoms with Crippen LogP contribution >= 0.6 is 23.1 Å². The van der Waals surface area contributed by atoms with Crippen molar-refractivity contribution in [2.45, 2.75) is 64.1 Å². The van der Waals surface area contributed by atoms with Crippen molar-refractivity contribution in [3.05, 3.63) is 20.8 Å². The van der Waals surface area contributed by atoms with Crippen LogP contribution in [0.25, 0.3) is 10.2 Å². The van der Waals surface area contributed by atoms with Crippen LogP contribution in [0.2, 0.25) is 0 Å². The van der Waals surface area contributed by atoms with Gasteiger partial charge >= 0.3 is 5.97 Å². The maximum absolute atomic E-state index is 13.3. The zero-order valence-electron chi connectivity index (χ0n) is 15.0. The van der Waals surface area contributed by atoms with Crippen LogP contribution in [0, 0.1) is 13.8 Å². The number of aryl methyl sites for hydroxylation is 2. The maximum atomic E-state index is 13.3. The monoisotopic (exact) mass is 380 g/mol. The number of aromatic nitrogens is 2. The summed E-state index contributed by atoms with van der Waals surface area (Å²) in [6.45, 7) is 6.18. The quantitative estimate of drug-likeness (QED) is 0.441. The first kappa shape index (κ1) is 18.5.